The number of hydrogen-bond donors (Lipinski definition) is 1. The normalized spacial score (nSPS) is 10.1. The third kappa shape index (κ3) is 3.19. The van der Waals surface area contributed by atoms with Crippen LogP contribution >= 0.6 is 0 Å². The van der Waals surface area contributed by atoms with E-state index in [1.54, 1.807) is 38.2 Å². The number of nitrogens with zero attached hydrogens (tertiary/aromatic N) is 3. The van der Waals surface area contributed by atoms with Gasteiger partial charge < -0.3 is 10.1 Å². The van der Waals surface area contributed by atoms with Crippen LogP contribution in [0.1, 0.15) is 27.8 Å². The van der Waals surface area contributed by atoms with Gasteiger partial charge in [-0.25, -0.2) is 4.79 Å². The zero-order valence-electron chi connectivity index (χ0n) is 11.2. The first-order chi connectivity index (χ1) is 9.60. The molecular weight excluding hydrogens is 260 g/mol. The predicted octanol–water partition coefficient (Wildman–Crippen LogP) is 1.24. The predicted molar refractivity (Wildman–Crippen MR) is 71.4 cm³/mol. The van der Waals surface area contributed by atoms with Gasteiger partial charge in [0.05, 0.1) is 18.4 Å². The number of esters is 1. The van der Waals surface area contributed by atoms with E-state index >= 15 is 0 Å². The molecule has 0 bridgehead atoms. The molecule has 0 atom stereocenters. The van der Waals surface area contributed by atoms with Crippen LogP contribution in [-0.4, -0.2) is 33.5 Å². The van der Waals surface area contributed by atoms with Crippen molar-refractivity contribution in [3.63, 3.8) is 0 Å². The van der Waals surface area contributed by atoms with Gasteiger partial charge in [0, 0.05) is 12.7 Å². The Morgan fingerprint density at radius 2 is 2.00 bits per heavy atom. The van der Waals surface area contributed by atoms with Crippen molar-refractivity contribution in [2.45, 2.75) is 6.92 Å². The summed E-state index contributed by atoms with van der Waals surface area (Å²) >= 11 is 0. The highest BCUT2D eigenvalue weighted by Crippen LogP contribution is 2.11. The summed E-state index contributed by atoms with van der Waals surface area (Å²) in [7, 11) is 1.68. The summed E-state index contributed by atoms with van der Waals surface area (Å²) in [6.45, 7) is 2.07. The van der Waals surface area contributed by atoms with E-state index in [4.69, 9.17) is 4.74 Å². The molecule has 0 aliphatic carbocycles. The van der Waals surface area contributed by atoms with Gasteiger partial charge >= 0.3 is 5.97 Å². The zero-order chi connectivity index (χ0) is 14.5. The summed E-state index contributed by atoms with van der Waals surface area (Å²) in [5, 5.41) is 10.1. The van der Waals surface area contributed by atoms with Crippen molar-refractivity contribution in [3.8, 4) is 0 Å². The largest absolute Gasteiger partial charge is 0.462 e. The van der Waals surface area contributed by atoms with Gasteiger partial charge in [-0.3, -0.25) is 9.48 Å². The molecule has 1 N–H and O–H groups in total. The number of aryl methyl sites for hydroxylation is 1. The second-order valence-electron chi connectivity index (χ2n) is 4.03. The van der Waals surface area contributed by atoms with Gasteiger partial charge in [0.25, 0.3) is 5.91 Å². The number of nitrogens with one attached hydrogen (secondary N) is 1. The average molecular weight is 274 g/mol. The molecule has 2 rings (SSSR count). The lowest BCUT2D eigenvalue weighted by Gasteiger charge is -2.05. The molecule has 1 aromatic carbocycles. The summed E-state index contributed by atoms with van der Waals surface area (Å²) in [6.07, 6.45) is 1.52. The summed E-state index contributed by atoms with van der Waals surface area (Å²) in [5.74, 6) is -0.749. The first-order valence-electron chi connectivity index (χ1n) is 6.05. The molecule has 1 amide bonds. The van der Waals surface area contributed by atoms with Crippen LogP contribution in [0.2, 0.25) is 0 Å². The van der Waals surface area contributed by atoms with Gasteiger partial charge in [-0.15, -0.1) is 5.10 Å². The molecule has 1 aromatic heterocycles. The number of aromatic nitrogens is 3. The molecule has 0 saturated carbocycles. The lowest BCUT2D eigenvalue weighted by atomic mass is 10.2. The maximum absolute atomic E-state index is 11.8. The van der Waals surface area contributed by atoms with Crippen molar-refractivity contribution in [1.29, 1.82) is 0 Å². The van der Waals surface area contributed by atoms with E-state index < -0.39 is 0 Å². The summed E-state index contributed by atoms with van der Waals surface area (Å²) in [6, 6.07) is 6.43. The molecule has 7 nitrogen and oxygen atoms in total. The first-order valence-corrected chi connectivity index (χ1v) is 6.05. The van der Waals surface area contributed by atoms with Crippen LogP contribution in [0.5, 0.6) is 0 Å². The standard InChI is InChI=1S/C13H14N4O3/c1-3-20-13(19)9-4-6-10(7-5-9)14-12(18)11-8-17(2)16-15-11/h4-8H,3H2,1-2H3,(H,14,18). The number of carbonyl (C=O) groups excluding carboxylic acids is 2. The van der Waals surface area contributed by atoms with Gasteiger partial charge in [-0.1, -0.05) is 5.21 Å². The van der Waals surface area contributed by atoms with E-state index in [0.717, 1.165) is 0 Å². The van der Waals surface area contributed by atoms with Gasteiger partial charge in [0.1, 0.15) is 0 Å². The Balaban J connectivity index is 2.04. The minimum Gasteiger partial charge on any atom is -0.462 e. The molecule has 0 aliphatic heterocycles. The average Bonchev–Trinajstić information content (AvgIpc) is 2.86. The molecule has 1 heterocycles. The molecule has 0 fully saturated rings. The fourth-order valence-electron chi connectivity index (χ4n) is 1.55. The van der Waals surface area contributed by atoms with Crippen LogP contribution < -0.4 is 5.32 Å². The highest BCUT2D eigenvalue weighted by Gasteiger charge is 2.11. The Morgan fingerprint density at radius 3 is 2.55 bits per heavy atom. The van der Waals surface area contributed by atoms with E-state index in [1.165, 1.54) is 10.9 Å². The van der Waals surface area contributed by atoms with Crippen molar-refractivity contribution in [2.24, 2.45) is 7.05 Å². The van der Waals surface area contributed by atoms with Crippen molar-refractivity contribution in [1.82, 2.24) is 15.0 Å². The Morgan fingerprint density at radius 1 is 1.30 bits per heavy atom. The molecule has 0 aliphatic rings. The Bertz CT molecular complexity index is 619. The monoisotopic (exact) mass is 274 g/mol. The Labute approximate surface area is 115 Å². The number of carbonyl (C=O) groups is 2. The highest BCUT2D eigenvalue weighted by atomic mass is 16.5. The zero-order valence-corrected chi connectivity index (χ0v) is 11.2. The number of benzene rings is 1. The van der Waals surface area contributed by atoms with Crippen molar-refractivity contribution >= 4 is 17.6 Å². The van der Waals surface area contributed by atoms with Crippen molar-refractivity contribution in [2.75, 3.05) is 11.9 Å². The third-order valence-electron chi connectivity index (χ3n) is 2.49. The molecule has 0 radical (unpaired) electrons. The fraction of sp³-hybridized carbons (Fsp3) is 0.231. The molecule has 0 saturated heterocycles. The topological polar surface area (TPSA) is 86.1 Å². The van der Waals surface area contributed by atoms with Crippen LogP contribution in [0, 0.1) is 0 Å². The second-order valence-corrected chi connectivity index (χ2v) is 4.03. The van der Waals surface area contributed by atoms with E-state index in [0.29, 0.717) is 17.9 Å². The number of hydrogen-bond acceptors (Lipinski definition) is 5. The smallest absolute Gasteiger partial charge is 0.338 e. The van der Waals surface area contributed by atoms with E-state index in [1.807, 2.05) is 0 Å². The second kappa shape index (κ2) is 5.96. The van der Waals surface area contributed by atoms with Crippen molar-refractivity contribution in [3.05, 3.63) is 41.7 Å². The molecule has 7 heteroatoms. The van der Waals surface area contributed by atoms with Crippen LogP contribution in [0.4, 0.5) is 5.69 Å². The quantitative estimate of drug-likeness (QED) is 0.848. The maximum Gasteiger partial charge on any atom is 0.338 e. The summed E-state index contributed by atoms with van der Waals surface area (Å²) in [4.78, 5) is 23.3. The Kier molecular flexibility index (Phi) is 4.09. The van der Waals surface area contributed by atoms with Crippen molar-refractivity contribution < 1.29 is 14.3 Å². The molecule has 2 aromatic rings. The van der Waals surface area contributed by atoms with E-state index in [9.17, 15) is 9.59 Å². The highest BCUT2D eigenvalue weighted by molar-refractivity contribution is 6.02. The third-order valence-corrected chi connectivity index (χ3v) is 2.49. The van der Waals surface area contributed by atoms with E-state index in [2.05, 4.69) is 15.6 Å². The molecule has 0 unspecified atom stereocenters. The number of amides is 1. The molecule has 104 valence electrons. The summed E-state index contributed by atoms with van der Waals surface area (Å²) in [5.41, 5.74) is 1.22. The number of rotatable bonds is 4. The first kappa shape index (κ1) is 13.7. The molecule has 20 heavy (non-hydrogen) atoms. The fourth-order valence-corrected chi connectivity index (χ4v) is 1.55. The lowest BCUT2D eigenvalue weighted by Crippen LogP contribution is -2.12. The van der Waals surface area contributed by atoms with Crippen LogP contribution in [-0.2, 0) is 11.8 Å². The summed E-state index contributed by atoms with van der Waals surface area (Å²) < 4.78 is 6.32. The lowest BCUT2D eigenvalue weighted by molar-refractivity contribution is 0.0526. The Hall–Kier alpha value is -2.70. The van der Waals surface area contributed by atoms with Gasteiger partial charge in [-0.05, 0) is 31.2 Å². The molecule has 0 spiro atoms. The minimum absolute atomic E-state index is 0.224. The van der Waals surface area contributed by atoms with Crippen LogP contribution in [0.15, 0.2) is 30.5 Å². The SMILES string of the molecule is CCOC(=O)c1ccc(NC(=O)c2cn(C)nn2)cc1. The van der Waals surface area contributed by atoms with Gasteiger partial charge in [0.15, 0.2) is 5.69 Å². The van der Waals surface area contributed by atoms with Crippen LogP contribution in [0.25, 0.3) is 0 Å². The minimum atomic E-state index is -0.390. The maximum atomic E-state index is 11.8. The van der Waals surface area contributed by atoms with E-state index in [-0.39, 0.29) is 17.6 Å². The van der Waals surface area contributed by atoms with Crippen LogP contribution in [0.3, 0.4) is 0 Å². The van der Waals surface area contributed by atoms with Gasteiger partial charge in [0.2, 0.25) is 0 Å². The number of ether oxygens (including phenoxy) is 1. The van der Waals surface area contributed by atoms with Gasteiger partial charge in [-0.2, -0.15) is 0 Å². The number of anilines is 1. The molecular formula is C13H14N4O3.